The highest BCUT2D eigenvalue weighted by Crippen LogP contribution is 2.16. The molecule has 1 aromatic carbocycles. The van der Waals surface area contributed by atoms with Crippen molar-refractivity contribution in [1.82, 2.24) is 20.8 Å². The fourth-order valence-electron chi connectivity index (χ4n) is 2.48. The van der Waals surface area contributed by atoms with Gasteiger partial charge in [0.05, 0.1) is 24.0 Å². The molecule has 2 amide bonds. The Morgan fingerprint density at radius 3 is 2.89 bits per heavy atom. The molecule has 0 aliphatic carbocycles. The number of hydrogen-bond donors (Lipinski definition) is 2. The minimum atomic E-state index is -0.606. The van der Waals surface area contributed by atoms with Crippen LogP contribution in [-0.2, 0) is 16.1 Å². The number of carbonyl (C=O) groups excluding carboxylic acids is 2. The van der Waals surface area contributed by atoms with Crippen molar-refractivity contribution >= 4 is 23.6 Å². The second-order valence-electron chi connectivity index (χ2n) is 5.85. The summed E-state index contributed by atoms with van der Waals surface area (Å²) >= 11 is 1.10. The molecule has 8 nitrogen and oxygen atoms in total. The van der Waals surface area contributed by atoms with Crippen LogP contribution in [0.3, 0.4) is 0 Å². The van der Waals surface area contributed by atoms with Gasteiger partial charge in [-0.2, -0.15) is 0 Å². The summed E-state index contributed by atoms with van der Waals surface area (Å²) in [4.78, 5) is 23.7. The lowest BCUT2D eigenvalue weighted by Gasteiger charge is -2.09. The zero-order chi connectivity index (χ0) is 19.1. The van der Waals surface area contributed by atoms with Crippen LogP contribution < -0.4 is 10.6 Å². The summed E-state index contributed by atoms with van der Waals surface area (Å²) in [7, 11) is 0. The smallest absolute Gasteiger partial charge is 0.277 e. The molecule has 2 aromatic rings. The molecule has 0 spiro atoms. The van der Waals surface area contributed by atoms with Crippen molar-refractivity contribution in [2.75, 3.05) is 18.9 Å². The first-order valence-corrected chi connectivity index (χ1v) is 9.46. The molecule has 1 aromatic heterocycles. The van der Waals surface area contributed by atoms with E-state index in [-0.39, 0.29) is 41.0 Å². The largest absolute Gasteiger partial charge is 0.414 e. The number of rotatable bonds is 8. The third-order valence-corrected chi connectivity index (χ3v) is 4.66. The molecule has 0 bridgehead atoms. The molecule has 1 aliphatic rings. The molecule has 0 unspecified atom stereocenters. The van der Waals surface area contributed by atoms with Crippen LogP contribution in [0.15, 0.2) is 33.9 Å². The molecule has 144 valence electrons. The Hall–Kier alpha value is -2.46. The van der Waals surface area contributed by atoms with Gasteiger partial charge >= 0.3 is 0 Å². The van der Waals surface area contributed by atoms with Gasteiger partial charge in [0.1, 0.15) is 5.82 Å². The topological polar surface area (TPSA) is 106 Å². The lowest BCUT2D eigenvalue weighted by Crippen LogP contribution is -2.32. The average Bonchev–Trinajstić information content (AvgIpc) is 3.35. The summed E-state index contributed by atoms with van der Waals surface area (Å²) < 4.78 is 24.3. The molecule has 1 fully saturated rings. The highest BCUT2D eigenvalue weighted by molar-refractivity contribution is 7.99. The van der Waals surface area contributed by atoms with Gasteiger partial charge in [-0.15, -0.1) is 10.2 Å². The Bertz CT molecular complexity index is 795. The van der Waals surface area contributed by atoms with Crippen LogP contribution in [0.1, 0.15) is 29.1 Å². The quantitative estimate of drug-likeness (QED) is 0.654. The van der Waals surface area contributed by atoms with Crippen LogP contribution in [0.25, 0.3) is 0 Å². The van der Waals surface area contributed by atoms with E-state index in [1.165, 1.54) is 18.2 Å². The van der Waals surface area contributed by atoms with E-state index in [2.05, 4.69) is 20.8 Å². The number of nitrogens with zero attached hydrogens (tertiary/aromatic N) is 2. The lowest BCUT2D eigenvalue weighted by molar-refractivity contribution is -0.119. The van der Waals surface area contributed by atoms with E-state index in [9.17, 15) is 14.0 Å². The van der Waals surface area contributed by atoms with Crippen LogP contribution in [0.5, 0.6) is 0 Å². The monoisotopic (exact) mass is 394 g/mol. The Morgan fingerprint density at radius 1 is 1.26 bits per heavy atom. The van der Waals surface area contributed by atoms with Crippen molar-refractivity contribution < 1.29 is 23.1 Å². The minimum absolute atomic E-state index is 0.0358. The summed E-state index contributed by atoms with van der Waals surface area (Å²) in [6, 6.07) is 5.67. The maximum atomic E-state index is 13.5. The molecule has 0 radical (unpaired) electrons. The number of benzene rings is 1. The molecule has 1 atom stereocenters. The first-order valence-electron chi connectivity index (χ1n) is 8.48. The maximum absolute atomic E-state index is 13.5. The zero-order valence-electron chi connectivity index (χ0n) is 14.4. The third kappa shape index (κ3) is 5.76. The van der Waals surface area contributed by atoms with Crippen molar-refractivity contribution in [1.29, 1.82) is 0 Å². The molecule has 2 N–H and O–H groups in total. The van der Waals surface area contributed by atoms with Crippen molar-refractivity contribution in [2.24, 2.45) is 0 Å². The van der Waals surface area contributed by atoms with Crippen molar-refractivity contribution in [3.8, 4) is 0 Å². The van der Waals surface area contributed by atoms with Gasteiger partial charge in [0.2, 0.25) is 11.8 Å². The number of thioether (sulfide) groups is 1. The fourth-order valence-corrected chi connectivity index (χ4v) is 3.09. The first kappa shape index (κ1) is 19.3. The Labute approximate surface area is 159 Å². The van der Waals surface area contributed by atoms with Gasteiger partial charge in [-0.05, 0) is 25.0 Å². The van der Waals surface area contributed by atoms with Gasteiger partial charge in [-0.1, -0.05) is 23.9 Å². The minimum Gasteiger partial charge on any atom is -0.414 e. The zero-order valence-corrected chi connectivity index (χ0v) is 15.3. The van der Waals surface area contributed by atoms with Gasteiger partial charge in [-0.3, -0.25) is 9.59 Å². The molecule has 27 heavy (non-hydrogen) atoms. The molecule has 1 aliphatic heterocycles. The summed E-state index contributed by atoms with van der Waals surface area (Å²) in [5, 5.41) is 13.1. The molecular weight excluding hydrogens is 375 g/mol. The third-order valence-electron chi connectivity index (χ3n) is 3.84. The highest BCUT2D eigenvalue weighted by atomic mass is 32.2. The van der Waals surface area contributed by atoms with E-state index in [0.717, 1.165) is 31.2 Å². The maximum Gasteiger partial charge on any atom is 0.277 e. The second kappa shape index (κ2) is 9.47. The second-order valence-corrected chi connectivity index (χ2v) is 6.78. The normalized spacial score (nSPS) is 16.3. The van der Waals surface area contributed by atoms with E-state index in [1.54, 1.807) is 6.07 Å². The predicted molar refractivity (Wildman–Crippen MR) is 94.6 cm³/mol. The molecule has 0 saturated carbocycles. The van der Waals surface area contributed by atoms with Crippen LogP contribution in [0.4, 0.5) is 4.39 Å². The molecular formula is C17H19FN4O4S. The average molecular weight is 394 g/mol. The van der Waals surface area contributed by atoms with Crippen LogP contribution in [0.2, 0.25) is 0 Å². The van der Waals surface area contributed by atoms with Crippen LogP contribution in [-0.4, -0.2) is 47.0 Å². The Balaban J connectivity index is 1.39. The number of nitrogens with one attached hydrogen (secondary N) is 2. The van der Waals surface area contributed by atoms with E-state index < -0.39 is 11.7 Å². The lowest BCUT2D eigenvalue weighted by atomic mass is 10.2. The van der Waals surface area contributed by atoms with E-state index >= 15 is 0 Å². The molecule has 3 rings (SSSR count). The van der Waals surface area contributed by atoms with E-state index in [4.69, 9.17) is 9.15 Å². The SMILES string of the molecule is O=C(CSc1nnc(CNC(=O)c2ccccc2F)o1)NC[C@H]1CCCO1. The van der Waals surface area contributed by atoms with E-state index in [1.807, 2.05) is 0 Å². The van der Waals surface area contributed by atoms with Gasteiger partial charge < -0.3 is 19.8 Å². The van der Waals surface area contributed by atoms with Crippen molar-refractivity contribution in [3.63, 3.8) is 0 Å². The van der Waals surface area contributed by atoms with Crippen LogP contribution in [0, 0.1) is 5.82 Å². The highest BCUT2D eigenvalue weighted by Gasteiger charge is 2.17. The van der Waals surface area contributed by atoms with Gasteiger partial charge in [0.25, 0.3) is 11.1 Å². The van der Waals surface area contributed by atoms with Gasteiger partial charge in [-0.25, -0.2) is 4.39 Å². The first-order chi connectivity index (χ1) is 13.1. The molecule has 10 heteroatoms. The number of amides is 2. The Morgan fingerprint density at radius 2 is 2.11 bits per heavy atom. The van der Waals surface area contributed by atoms with Gasteiger partial charge in [0.15, 0.2) is 0 Å². The standard InChI is InChI=1S/C17H19FN4O4S/c18-13-6-2-1-5-12(13)16(24)20-9-15-21-22-17(26-15)27-10-14(23)19-8-11-4-3-7-25-11/h1-2,5-6,11H,3-4,7-10H2,(H,19,23)(H,20,24)/t11-/m1/s1. The van der Waals surface area contributed by atoms with Gasteiger partial charge in [0, 0.05) is 13.2 Å². The predicted octanol–water partition coefficient (Wildman–Crippen LogP) is 1.53. The summed E-state index contributed by atoms with van der Waals surface area (Å²) in [6.45, 7) is 1.20. The number of halogens is 1. The molecule has 2 heterocycles. The number of hydrogen-bond acceptors (Lipinski definition) is 7. The number of carbonyl (C=O) groups is 2. The summed E-state index contributed by atoms with van der Waals surface area (Å²) in [5.74, 6) is -1.03. The van der Waals surface area contributed by atoms with Crippen LogP contribution >= 0.6 is 11.8 Å². The van der Waals surface area contributed by atoms with Crippen molar-refractivity contribution in [2.45, 2.75) is 30.7 Å². The van der Waals surface area contributed by atoms with E-state index in [0.29, 0.717) is 6.54 Å². The summed E-state index contributed by atoms with van der Waals surface area (Å²) in [6.07, 6.45) is 2.07. The Kier molecular flexibility index (Phi) is 6.77. The van der Waals surface area contributed by atoms with Crippen molar-refractivity contribution in [3.05, 3.63) is 41.5 Å². The molecule has 1 saturated heterocycles. The summed E-state index contributed by atoms with van der Waals surface area (Å²) in [5.41, 5.74) is -0.0606. The number of ether oxygens (including phenoxy) is 1. The number of aromatic nitrogens is 2. The fraction of sp³-hybridized carbons (Fsp3) is 0.412.